The minimum absolute atomic E-state index is 0.269. The molecule has 0 bridgehead atoms. The van der Waals surface area contributed by atoms with Crippen LogP contribution in [0.25, 0.3) is 0 Å². The largest absolute Gasteiger partial charge is 0.479 e. The van der Waals surface area contributed by atoms with E-state index in [-0.39, 0.29) is 10.0 Å². The van der Waals surface area contributed by atoms with Crippen molar-refractivity contribution in [3.8, 4) is 5.75 Å². The number of rotatable bonds is 5. The van der Waals surface area contributed by atoms with Gasteiger partial charge >= 0.3 is 0 Å². The van der Waals surface area contributed by atoms with Gasteiger partial charge in [-0.05, 0) is 31.5 Å². The van der Waals surface area contributed by atoms with Crippen molar-refractivity contribution in [2.24, 2.45) is 5.73 Å². The number of amides is 2. The monoisotopic (exact) mass is 339 g/mol. The van der Waals surface area contributed by atoms with Crippen LogP contribution in [0.5, 0.6) is 5.75 Å². The fourth-order valence-electron chi connectivity index (χ4n) is 1.60. The van der Waals surface area contributed by atoms with Crippen LogP contribution in [-0.4, -0.2) is 22.9 Å². The standard InChI is InChI=1S/C14H14ClN3O3S/c1-7-3-4-9(15)10(5-7)21-8(2)13(20)18-14-17-6-11(22-14)12(16)19/h3-6,8H,1-2H3,(H2,16,19)(H,17,18,20). The number of anilines is 1. The van der Waals surface area contributed by atoms with Gasteiger partial charge in [0.05, 0.1) is 11.2 Å². The smallest absolute Gasteiger partial charge is 0.266 e. The first-order valence-corrected chi connectivity index (χ1v) is 7.55. The van der Waals surface area contributed by atoms with Crippen molar-refractivity contribution in [1.29, 1.82) is 0 Å². The summed E-state index contributed by atoms with van der Waals surface area (Å²) in [6.45, 7) is 3.49. The normalized spacial score (nSPS) is 11.8. The zero-order valence-corrected chi connectivity index (χ0v) is 13.5. The summed E-state index contributed by atoms with van der Waals surface area (Å²) < 4.78 is 5.56. The minimum atomic E-state index is -0.778. The van der Waals surface area contributed by atoms with Crippen molar-refractivity contribution in [2.45, 2.75) is 20.0 Å². The van der Waals surface area contributed by atoms with E-state index in [1.54, 1.807) is 19.1 Å². The number of benzene rings is 1. The molecule has 0 aliphatic heterocycles. The van der Waals surface area contributed by atoms with Crippen molar-refractivity contribution in [3.63, 3.8) is 0 Å². The van der Waals surface area contributed by atoms with Crippen molar-refractivity contribution < 1.29 is 14.3 Å². The number of ether oxygens (including phenoxy) is 1. The van der Waals surface area contributed by atoms with Crippen molar-refractivity contribution in [2.75, 3.05) is 5.32 Å². The number of halogens is 1. The maximum atomic E-state index is 12.1. The molecule has 1 heterocycles. The maximum Gasteiger partial charge on any atom is 0.266 e. The quantitative estimate of drug-likeness (QED) is 0.875. The Bertz CT molecular complexity index is 717. The molecule has 2 amide bonds. The van der Waals surface area contributed by atoms with Gasteiger partial charge < -0.3 is 10.5 Å². The van der Waals surface area contributed by atoms with Gasteiger partial charge in [0.15, 0.2) is 11.2 Å². The van der Waals surface area contributed by atoms with E-state index in [9.17, 15) is 9.59 Å². The van der Waals surface area contributed by atoms with Crippen LogP contribution >= 0.6 is 22.9 Å². The van der Waals surface area contributed by atoms with E-state index in [0.29, 0.717) is 10.8 Å². The van der Waals surface area contributed by atoms with Crippen LogP contribution in [-0.2, 0) is 4.79 Å². The molecule has 0 spiro atoms. The summed E-state index contributed by atoms with van der Waals surface area (Å²) in [5, 5.41) is 3.27. The van der Waals surface area contributed by atoms with Gasteiger partial charge in [0, 0.05) is 0 Å². The van der Waals surface area contributed by atoms with Crippen LogP contribution in [0.4, 0.5) is 5.13 Å². The molecule has 1 atom stereocenters. The van der Waals surface area contributed by atoms with Gasteiger partial charge in [0.2, 0.25) is 0 Å². The number of aromatic nitrogens is 1. The Morgan fingerprint density at radius 3 is 2.82 bits per heavy atom. The molecular formula is C14H14ClN3O3S. The molecule has 2 aromatic rings. The molecule has 0 saturated carbocycles. The number of nitrogens with two attached hydrogens (primary N) is 1. The van der Waals surface area contributed by atoms with E-state index in [2.05, 4.69) is 10.3 Å². The molecule has 3 N–H and O–H groups in total. The van der Waals surface area contributed by atoms with Gasteiger partial charge in [0.1, 0.15) is 10.6 Å². The summed E-state index contributed by atoms with van der Waals surface area (Å²) in [4.78, 5) is 27.2. The fraction of sp³-hybridized carbons (Fsp3) is 0.214. The summed E-state index contributed by atoms with van der Waals surface area (Å²) >= 11 is 7.02. The molecular weight excluding hydrogens is 326 g/mol. The highest BCUT2D eigenvalue weighted by Gasteiger charge is 2.18. The molecule has 1 aromatic carbocycles. The molecule has 0 aliphatic rings. The second-order valence-corrected chi connectivity index (χ2v) is 6.01. The lowest BCUT2D eigenvalue weighted by atomic mass is 10.2. The predicted molar refractivity (Wildman–Crippen MR) is 85.5 cm³/mol. The summed E-state index contributed by atoms with van der Waals surface area (Å²) in [6.07, 6.45) is 0.534. The third-order valence-electron chi connectivity index (χ3n) is 2.74. The van der Waals surface area contributed by atoms with E-state index in [0.717, 1.165) is 16.9 Å². The highest BCUT2D eigenvalue weighted by Crippen LogP contribution is 2.26. The SMILES string of the molecule is Cc1ccc(Cl)c(OC(C)C(=O)Nc2ncc(C(N)=O)s2)c1. The first-order chi connectivity index (χ1) is 10.4. The Balaban J connectivity index is 2.02. The molecule has 6 nitrogen and oxygen atoms in total. The molecule has 0 fully saturated rings. The molecule has 22 heavy (non-hydrogen) atoms. The summed E-state index contributed by atoms with van der Waals surface area (Å²) in [6, 6.07) is 5.30. The van der Waals surface area contributed by atoms with Gasteiger partial charge in [-0.25, -0.2) is 4.98 Å². The fourth-order valence-corrected chi connectivity index (χ4v) is 2.43. The maximum absolute atomic E-state index is 12.1. The molecule has 0 radical (unpaired) electrons. The number of hydrogen-bond acceptors (Lipinski definition) is 5. The second kappa shape index (κ2) is 6.76. The molecule has 1 unspecified atom stereocenters. The van der Waals surface area contributed by atoms with Crippen LogP contribution < -0.4 is 15.8 Å². The number of thiazole rings is 1. The van der Waals surface area contributed by atoms with Gasteiger partial charge in [-0.2, -0.15) is 0 Å². The zero-order valence-electron chi connectivity index (χ0n) is 11.9. The number of nitrogens with one attached hydrogen (secondary N) is 1. The first kappa shape index (κ1) is 16.3. The number of carbonyl (C=O) groups excluding carboxylic acids is 2. The third kappa shape index (κ3) is 3.96. The minimum Gasteiger partial charge on any atom is -0.479 e. The van der Waals surface area contributed by atoms with Gasteiger partial charge in [-0.3, -0.25) is 14.9 Å². The van der Waals surface area contributed by atoms with Crippen LogP contribution in [0.2, 0.25) is 5.02 Å². The van der Waals surface area contributed by atoms with Crippen LogP contribution in [0.1, 0.15) is 22.2 Å². The Labute approximate surface area is 136 Å². The van der Waals surface area contributed by atoms with Gasteiger partial charge in [-0.15, -0.1) is 0 Å². The molecule has 8 heteroatoms. The van der Waals surface area contributed by atoms with E-state index < -0.39 is 17.9 Å². The highest BCUT2D eigenvalue weighted by molar-refractivity contribution is 7.17. The lowest BCUT2D eigenvalue weighted by Crippen LogP contribution is -2.30. The van der Waals surface area contributed by atoms with Crippen molar-refractivity contribution in [3.05, 3.63) is 39.9 Å². The average Bonchev–Trinajstić information content (AvgIpc) is 2.91. The second-order valence-electron chi connectivity index (χ2n) is 4.58. The number of aryl methyl sites for hydroxylation is 1. The summed E-state index contributed by atoms with van der Waals surface area (Å²) in [5.74, 6) is -0.557. The Hall–Kier alpha value is -2.12. The summed E-state index contributed by atoms with van der Waals surface area (Å²) in [7, 11) is 0. The average molecular weight is 340 g/mol. The Morgan fingerprint density at radius 1 is 1.45 bits per heavy atom. The lowest BCUT2D eigenvalue weighted by molar-refractivity contribution is -0.122. The summed E-state index contributed by atoms with van der Waals surface area (Å²) in [5.41, 5.74) is 6.10. The number of carbonyl (C=O) groups is 2. The van der Waals surface area contributed by atoms with Crippen LogP contribution in [0.15, 0.2) is 24.4 Å². The number of primary amides is 1. The van der Waals surface area contributed by atoms with E-state index in [1.165, 1.54) is 6.20 Å². The molecule has 116 valence electrons. The first-order valence-electron chi connectivity index (χ1n) is 6.36. The molecule has 2 rings (SSSR count). The predicted octanol–water partition coefficient (Wildman–Crippen LogP) is 2.61. The lowest BCUT2D eigenvalue weighted by Gasteiger charge is -2.15. The third-order valence-corrected chi connectivity index (χ3v) is 3.98. The van der Waals surface area contributed by atoms with Crippen molar-refractivity contribution >= 4 is 39.9 Å². The Morgan fingerprint density at radius 2 is 2.18 bits per heavy atom. The molecule has 0 aliphatic carbocycles. The van der Waals surface area contributed by atoms with E-state index >= 15 is 0 Å². The van der Waals surface area contributed by atoms with Crippen LogP contribution in [0, 0.1) is 6.92 Å². The molecule has 1 aromatic heterocycles. The Kier molecular flexibility index (Phi) is 4.99. The van der Waals surface area contributed by atoms with E-state index in [4.69, 9.17) is 22.1 Å². The number of nitrogens with zero attached hydrogens (tertiary/aromatic N) is 1. The topological polar surface area (TPSA) is 94.3 Å². The van der Waals surface area contributed by atoms with Crippen LogP contribution in [0.3, 0.4) is 0 Å². The van der Waals surface area contributed by atoms with Gasteiger partial charge in [-0.1, -0.05) is 29.0 Å². The zero-order chi connectivity index (χ0) is 16.3. The van der Waals surface area contributed by atoms with Gasteiger partial charge in [0.25, 0.3) is 11.8 Å². The highest BCUT2D eigenvalue weighted by atomic mass is 35.5. The number of hydrogen-bond donors (Lipinski definition) is 2. The van der Waals surface area contributed by atoms with E-state index in [1.807, 2.05) is 13.0 Å². The van der Waals surface area contributed by atoms with Crippen molar-refractivity contribution in [1.82, 2.24) is 4.98 Å². The molecule has 0 saturated heterocycles.